The molecule has 0 aliphatic heterocycles. The molecule has 2 fully saturated rings. The minimum absolute atomic E-state index is 0.132. The Kier molecular flexibility index (Phi) is 10.5. The van der Waals surface area contributed by atoms with E-state index in [9.17, 15) is 14.7 Å². The van der Waals surface area contributed by atoms with Crippen LogP contribution in [0.3, 0.4) is 0 Å². The van der Waals surface area contributed by atoms with Crippen LogP contribution in [0.2, 0.25) is 0 Å². The Bertz CT molecular complexity index is 801. The van der Waals surface area contributed by atoms with E-state index in [1.165, 1.54) is 64.2 Å². The van der Waals surface area contributed by atoms with E-state index < -0.39 is 11.9 Å². The van der Waals surface area contributed by atoms with Gasteiger partial charge in [-0.25, -0.2) is 9.59 Å². The standard InChI is InChI=1S/C29H42O5/c1-3-5-6-7-21-8-10-22(11-9-21)23-12-14-24(15-13-23)27-20-25(16-17-26(27)29(31)32)33-18-19-34-28(30)4-2/h4,16-17,20-24H,2-3,5-15,18-19H2,1H3,(H,31,32)/t21-,22-,23-,24-. The molecule has 5 nitrogen and oxygen atoms in total. The monoisotopic (exact) mass is 470 g/mol. The highest BCUT2D eigenvalue weighted by molar-refractivity contribution is 5.90. The summed E-state index contributed by atoms with van der Waals surface area (Å²) in [4.78, 5) is 23.0. The van der Waals surface area contributed by atoms with Gasteiger partial charge in [-0.3, -0.25) is 0 Å². The van der Waals surface area contributed by atoms with Crippen molar-refractivity contribution in [2.45, 2.75) is 89.9 Å². The number of esters is 1. The molecule has 0 saturated heterocycles. The predicted octanol–water partition coefficient (Wildman–Crippen LogP) is 7.15. The van der Waals surface area contributed by atoms with E-state index in [0.717, 1.165) is 42.2 Å². The van der Waals surface area contributed by atoms with Gasteiger partial charge in [0.05, 0.1) is 5.56 Å². The van der Waals surface area contributed by atoms with Gasteiger partial charge in [0.2, 0.25) is 0 Å². The third-order valence-electron chi connectivity index (χ3n) is 8.00. The van der Waals surface area contributed by atoms with Crippen molar-refractivity contribution in [1.82, 2.24) is 0 Å². The molecule has 2 aliphatic carbocycles. The van der Waals surface area contributed by atoms with Gasteiger partial charge in [-0.05, 0) is 86.0 Å². The van der Waals surface area contributed by atoms with Gasteiger partial charge >= 0.3 is 11.9 Å². The fourth-order valence-electron chi connectivity index (χ4n) is 6.06. The molecule has 0 aromatic heterocycles. The molecule has 3 rings (SSSR count). The van der Waals surface area contributed by atoms with Gasteiger partial charge in [-0.2, -0.15) is 0 Å². The van der Waals surface area contributed by atoms with Crippen LogP contribution >= 0.6 is 0 Å². The lowest BCUT2D eigenvalue weighted by molar-refractivity contribution is -0.138. The fourth-order valence-corrected chi connectivity index (χ4v) is 6.06. The molecule has 5 heteroatoms. The minimum Gasteiger partial charge on any atom is -0.490 e. The molecule has 0 atom stereocenters. The summed E-state index contributed by atoms with van der Waals surface area (Å²) in [5.41, 5.74) is 1.26. The number of carboxylic acids is 1. The van der Waals surface area contributed by atoms with E-state index in [0.29, 0.717) is 11.3 Å². The Morgan fingerprint density at radius 3 is 2.29 bits per heavy atom. The van der Waals surface area contributed by atoms with Gasteiger partial charge in [0, 0.05) is 6.08 Å². The number of benzene rings is 1. The Morgan fingerprint density at radius 1 is 1.00 bits per heavy atom. The molecule has 2 saturated carbocycles. The molecule has 0 bridgehead atoms. The first-order valence-electron chi connectivity index (χ1n) is 13.3. The molecule has 1 aromatic rings. The quantitative estimate of drug-likeness (QED) is 0.199. The number of unbranched alkanes of at least 4 members (excludes halogenated alkanes) is 2. The Balaban J connectivity index is 1.51. The zero-order valence-electron chi connectivity index (χ0n) is 20.8. The maximum absolute atomic E-state index is 11.9. The lowest BCUT2D eigenvalue weighted by atomic mass is 9.67. The van der Waals surface area contributed by atoms with E-state index in [-0.39, 0.29) is 19.1 Å². The Hall–Kier alpha value is -2.30. The number of hydrogen-bond acceptors (Lipinski definition) is 4. The van der Waals surface area contributed by atoms with Crippen molar-refractivity contribution < 1.29 is 24.2 Å². The third-order valence-corrected chi connectivity index (χ3v) is 8.00. The van der Waals surface area contributed by atoms with Crippen molar-refractivity contribution in [2.24, 2.45) is 17.8 Å². The maximum atomic E-state index is 11.9. The number of rotatable bonds is 12. The smallest absolute Gasteiger partial charge is 0.335 e. The first kappa shape index (κ1) is 26.3. The zero-order valence-corrected chi connectivity index (χ0v) is 20.8. The third kappa shape index (κ3) is 7.61. The largest absolute Gasteiger partial charge is 0.490 e. The summed E-state index contributed by atoms with van der Waals surface area (Å²) < 4.78 is 10.7. The number of ether oxygens (including phenoxy) is 2. The summed E-state index contributed by atoms with van der Waals surface area (Å²) in [6, 6.07) is 5.22. The van der Waals surface area contributed by atoms with Gasteiger partial charge in [-0.15, -0.1) is 0 Å². The van der Waals surface area contributed by atoms with E-state index in [4.69, 9.17) is 9.47 Å². The number of carboxylic acid groups (broad SMARTS) is 1. The average molecular weight is 471 g/mol. The summed E-state index contributed by atoms with van der Waals surface area (Å²) >= 11 is 0. The number of carbonyl (C=O) groups is 2. The molecule has 0 spiro atoms. The van der Waals surface area contributed by atoms with Crippen LogP contribution in [0.4, 0.5) is 0 Å². The molecule has 34 heavy (non-hydrogen) atoms. The van der Waals surface area contributed by atoms with Crippen LogP contribution in [-0.2, 0) is 9.53 Å². The molecule has 188 valence electrons. The molecule has 0 heterocycles. The van der Waals surface area contributed by atoms with Crippen molar-refractivity contribution in [3.63, 3.8) is 0 Å². The Labute approximate surface area is 204 Å². The van der Waals surface area contributed by atoms with Gasteiger partial charge in [-0.1, -0.05) is 52.0 Å². The van der Waals surface area contributed by atoms with Crippen LogP contribution in [-0.4, -0.2) is 30.3 Å². The molecule has 2 aliphatic rings. The van der Waals surface area contributed by atoms with E-state index >= 15 is 0 Å². The summed E-state index contributed by atoms with van der Waals surface area (Å²) in [6.07, 6.45) is 16.6. The van der Waals surface area contributed by atoms with Gasteiger partial charge in [0.25, 0.3) is 0 Å². The van der Waals surface area contributed by atoms with Gasteiger partial charge in [0.15, 0.2) is 0 Å². The Morgan fingerprint density at radius 2 is 1.68 bits per heavy atom. The predicted molar refractivity (Wildman–Crippen MR) is 134 cm³/mol. The second-order valence-corrected chi connectivity index (χ2v) is 10.2. The molecular formula is C29H42O5. The van der Waals surface area contributed by atoms with E-state index in [2.05, 4.69) is 13.5 Å². The molecule has 0 radical (unpaired) electrons. The summed E-state index contributed by atoms with van der Waals surface area (Å²) in [5.74, 6) is 2.11. The zero-order chi connectivity index (χ0) is 24.3. The van der Waals surface area contributed by atoms with Crippen molar-refractivity contribution in [3.05, 3.63) is 42.0 Å². The number of carbonyl (C=O) groups excluding carboxylic acids is 1. The molecule has 1 aromatic carbocycles. The second-order valence-electron chi connectivity index (χ2n) is 10.2. The summed E-state index contributed by atoms with van der Waals surface area (Å²) in [5, 5.41) is 9.74. The minimum atomic E-state index is -0.884. The highest BCUT2D eigenvalue weighted by Gasteiger charge is 2.32. The van der Waals surface area contributed by atoms with Gasteiger partial charge in [0.1, 0.15) is 19.0 Å². The molecule has 1 N–H and O–H groups in total. The SMILES string of the molecule is C=CC(=O)OCCOc1ccc(C(=O)O)c([C@H]2CC[C@H]([C@H]3CC[C@H](CCCCC)CC3)CC2)c1. The highest BCUT2D eigenvalue weighted by atomic mass is 16.6. The van der Waals surface area contributed by atoms with Crippen LogP contribution in [0.1, 0.15) is 106 Å². The number of hydrogen-bond donors (Lipinski definition) is 1. The highest BCUT2D eigenvalue weighted by Crippen LogP contribution is 2.45. The normalized spacial score (nSPS) is 24.9. The van der Waals surface area contributed by atoms with Crippen LogP contribution in [0, 0.1) is 17.8 Å². The van der Waals surface area contributed by atoms with Crippen molar-refractivity contribution in [1.29, 1.82) is 0 Å². The lowest BCUT2D eigenvalue weighted by Gasteiger charge is -2.38. The van der Waals surface area contributed by atoms with Crippen molar-refractivity contribution >= 4 is 11.9 Å². The first-order valence-corrected chi connectivity index (χ1v) is 13.3. The summed E-state index contributed by atoms with van der Waals surface area (Å²) in [7, 11) is 0. The van der Waals surface area contributed by atoms with Crippen LogP contribution in [0.5, 0.6) is 5.75 Å². The van der Waals surface area contributed by atoms with E-state index in [1.54, 1.807) is 12.1 Å². The van der Waals surface area contributed by atoms with Crippen LogP contribution in [0.15, 0.2) is 30.9 Å². The first-order chi connectivity index (χ1) is 16.5. The van der Waals surface area contributed by atoms with Gasteiger partial charge < -0.3 is 14.6 Å². The topological polar surface area (TPSA) is 72.8 Å². The fraction of sp³-hybridized carbons (Fsp3) is 0.655. The second kappa shape index (κ2) is 13.6. The van der Waals surface area contributed by atoms with Crippen molar-refractivity contribution in [3.8, 4) is 5.75 Å². The molecule has 0 unspecified atom stereocenters. The van der Waals surface area contributed by atoms with Crippen molar-refractivity contribution in [2.75, 3.05) is 13.2 Å². The number of aromatic carboxylic acids is 1. The summed E-state index contributed by atoms with van der Waals surface area (Å²) in [6.45, 7) is 6.00. The van der Waals surface area contributed by atoms with Crippen LogP contribution < -0.4 is 4.74 Å². The molecular weight excluding hydrogens is 428 g/mol. The maximum Gasteiger partial charge on any atom is 0.335 e. The average Bonchev–Trinajstić information content (AvgIpc) is 2.87. The van der Waals surface area contributed by atoms with E-state index in [1.807, 2.05) is 6.07 Å². The molecule has 0 amide bonds. The van der Waals surface area contributed by atoms with Crippen LogP contribution in [0.25, 0.3) is 0 Å². The lowest BCUT2D eigenvalue weighted by Crippen LogP contribution is -2.26.